The topological polar surface area (TPSA) is 76.5 Å². The monoisotopic (exact) mass is 334 g/mol. The molecule has 8 nitrogen and oxygen atoms in total. The van der Waals surface area contributed by atoms with Crippen LogP contribution in [0.1, 0.15) is 30.3 Å². The highest BCUT2D eigenvalue weighted by Crippen LogP contribution is 2.29. The summed E-state index contributed by atoms with van der Waals surface area (Å²) in [5, 5.41) is 21.8. The summed E-state index contributed by atoms with van der Waals surface area (Å²) in [7, 11) is 0. The average molecular weight is 334 g/mol. The first kappa shape index (κ1) is 14.3. The summed E-state index contributed by atoms with van der Waals surface area (Å²) in [6, 6.07) is 9.89. The summed E-state index contributed by atoms with van der Waals surface area (Å²) in [6.07, 6.45) is 4.01. The third-order valence-corrected chi connectivity index (χ3v) is 4.86. The van der Waals surface area contributed by atoms with Crippen LogP contribution in [0.2, 0.25) is 0 Å². The Morgan fingerprint density at radius 3 is 2.64 bits per heavy atom. The summed E-state index contributed by atoms with van der Waals surface area (Å²) in [5.41, 5.74) is 2.66. The summed E-state index contributed by atoms with van der Waals surface area (Å²) in [4.78, 5) is 2.29. The molecule has 0 saturated carbocycles. The van der Waals surface area contributed by atoms with Gasteiger partial charge >= 0.3 is 0 Å². The molecule has 0 unspecified atom stereocenters. The highest BCUT2D eigenvalue weighted by Gasteiger charge is 2.27. The van der Waals surface area contributed by atoms with E-state index in [0.717, 1.165) is 54.7 Å². The van der Waals surface area contributed by atoms with Crippen molar-refractivity contribution < 1.29 is 0 Å². The molecular weight excluding hydrogens is 316 g/mol. The number of piperidine rings is 1. The van der Waals surface area contributed by atoms with E-state index in [2.05, 4.69) is 30.4 Å². The average Bonchev–Trinajstić information content (AvgIpc) is 3.25. The molecular formula is C17H18N8. The number of rotatable bonds is 2. The van der Waals surface area contributed by atoms with Crippen molar-refractivity contribution in [2.24, 2.45) is 0 Å². The van der Waals surface area contributed by atoms with Crippen molar-refractivity contribution in [3.8, 4) is 0 Å². The summed E-state index contributed by atoms with van der Waals surface area (Å²) in [5.74, 6) is 2.23. The molecule has 0 spiro atoms. The van der Waals surface area contributed by atoms with Crippen LogP contribution in [0, 0.1) is 6.92 Å². The Bertz CT molecular complexity index is 1040. The lowest BCUT2D eigenvalue weighted by Gasteiger charge is -2.30. The maximum absolute atomic E-state index is 4.57. The lowest BCUT2D eigenvalue weighted by Crippen LogP contribution is -2.34. The van der Waals surface area contributed by atoms with Crippen LogP contribution >= 0.6 is 0 Å². The van der Waals surface area contributed by atoms with Crippen LogP contribution in [-0.2, 0) is 0 Å². The molecule has 0 bridgehead atoms. The fourth-order valence-electron chi connectivity index (χ4n) is 3.53. The first-order valence-electron chi connectivity index (χ1n) is 8.53. The van der Waals surface area contributed by atoms with Gasteiger partial charge < -0.3 is 4.90 Å². The molecule has 1 fully saturated rings. The van der Waals surface area contributed by atoms with E-state index < -0.39 is 0 Å². The minimum atomic E-state index is 0.361. The van der Waals surface area contributed by atoms with Crippen molar-refractivity contribution in [1.29, 1.82) is 0 Å². The van der Waals surface area contributed by atoms with Crippen molar-refractivity contribution in [3.05, 3.63) is 48.0 Å². The van der Waals surface area contributed by atoms with Crippen LogP contribution in [0.15, 0.2) is 36.5 Å². The van der Waals surface area contributed by atoms with Gasteiger partial charge in [-0.05, 0) is 44.0 Å². The van der Waals surface area contributed by atoms with Crippen LogP contribution in [0.4, 0.5) is 5.95 Å². The smallest absolute Gasteiger partial charge is 0.231 e. The van der Waals surface area contributed by atoms with Gasteiger partial charge in [-0.15, -0.1) is 20.4 Å². The van der Waals surface area contributed by atoms with Crippen molar-refractivity contribution >= 4 is 17.2 Å². The molecule has 1 aliphatic heterocycles. The number of aryl methyl sites for hydroxylation is 1. The summed E-state index contributed by atoms with van der Waals surface area (Å²) < 4.78 is 3.93. The molecule has 0 aromatic carbocycles. The van der Waals surface area contributed by atoms with Gasteiger partial charge in [0.1, 0.15) is 0 Å². The quantitative estimate of drug-likeness (QED) is 0.557. The highest BCUT2D eigenvalue weighted by molar-refractivity contribution is 5.46. The molecule has 0 radical (unpaired) electrons. The minimum absolute atomic E-state index is 0.361. The van der Waals surface area contributed by atoms with E-state index >= 15 is 0 Å². The van der Waals surface area contributed by atoms with Crippen LogP contribution < -0.4 is 4.90 Å². The number of hydrogen-bond donors (Lipinski definition) is 0. The Morgan fingerprint density at radius 2 is 1.76 bits per heavy atom. The molecule has 0 amide bonds. The van der Waals surface area contributed by atoms with Crippen molar-refractivity contribution in [2.45, 2.75) is 25.7 Å². The van der Waals surface area contributed by atoms with E-state index in [1.54, 1.807) is 0 Å². The van der Waals surface area contributed by atoms with Gasteiger partial charge in [-0.25, -0.2) is 0 Å². The second-order valence-corrected chi connectivity index (χ2v) is 6.49. The zero-order chi connectivity index (χ0) is 16.8. The lowest BCUT2D eigenvalue weighted by molar-refractivity contribution is 0.471. The zero-order valence-corrected chi connectivity index (χ0v) is 13.9. The van der Waals surface area contributed by atoms with E-state index in [1.165, 1.54) is 0 Å². The van der Waals surface area contributed by atoms with Gasteiger partial charge in [-0.3, -0.25) is 4.40 Å². The van der Waals surface area contributed by atoms with Crippen molar-refractivity contribution in [2.75, 3.05) is 18.0 Å². The van der Waals surface area contributed by atoms with Gasteiger partial charge in [0, 0.05) is 25.2 Å². The molecule has 4 aromatic rings. The summed E-state index contributed by atoms with van der Waals surface area (Å²) in [6.45, 7) is 3.82. The van der Waals surface area contributed by atoms with E-state index in [0.29, 0.717) is 5.92 Å². The molecule has 5 rings (SSSR count). The Kier molecular flexibility index (Phi) is 3.16. The fraction of sp³-hybridized carbons (Fsp3) is 0.353. The number of nitrogens with zero attached hydrogens (tertiary/aromatic N) is 8. The number of aromatic nitrogens is 7. The van der Waals surface area contributed by atoms with Gasteiger partial charge in [-0.2, -0.15) is 9.61 Å². The predicted molar refractivity (Wildman–Crippen MR) is 92.7 cm³/mol. The van der Waals surface area contributed by atoms with Gasteiger partial charge in [0.25, 0.3) is 0 Å². The maximum Gasteiger partial charge on any atom is 0.231 e. The summed E-state index contributed by atoms with van der Waals surface area (Å²) >= 11 is 0. The maximum atomic E-state index is 4.57. The third kappa shape index (κ3) is 2.33. The van der Waals surface area contributed by atoms with Gasteiger partial charge in [0.2, 0.25) is 5.95 Å². The van der Waals surface area contributed by atoms with Crippen LogP contribution in [0.25, 0.3) is 11.3 Å². The number of fused-ring (bicyclic) bond motifs is 2. The lowest BCUT2D eigenvalue weighted by atomic mass is 9.96. The molecule has 8 heteroatoms. The van der Waals surface area contributed by atoms with E-state index in [-0.39, 0.29) is 0 Å². The minimum Gasteiger partial charge on any atom is -0.341 e. The van der Waals surface area contributed by atoms with E-state index in [1.807, 2.05) is 52.4 Å². The SMILES string of the molecule is Cc1ccc2nnc(C3CCN(c4nnc5ccccn45)CC3)n2n1. The first-order chi connectivity index (χ1) is 12.3. The molecule has 0 N–H and O–H groups in total. The molecule has 1 aliphatic rings. The molecule has 5 heterocycles. The Labute approximate surface area is 144 Å². The van der Waals surface area contributed by atoms with Gasteiger partial charge in [0.15, 0.2) is 17.1 Å². The number of anilines is 1. The van der Waals surface area contributed by atoms with Crippen LogP contribution in [0.3, 0.4) is 0 Å². The van der Waals surface area contributed by atoms with Crippen molar-refractivity contribution in [3.63, 3.8) is 0 Å². The largest absolute Gasteiger partial charge is 0.341 e. The van der Waals surface area contributed by atoms with Crippen molar-refractivity contribution in [1.82, 2.24) is 34.4 Å². The number of hydrogen-bond acceptors (Lipinski definition) is 6. The standard InChI is InChI=1S/C17H18N8/c1-12-5-6-15-19-20-16(25(15)22-12)13-7-10-23(11-8-13)17-21-18-14-4-2-3-9-24(14)17/h2-6,9,13H,7-8,10-11H2,1H3. The fourth-order valence-corrected chi connectivity index (χ4v) is 3.53. The van der Waals surface area contributed by atoms with Gasteiger partial charge in [-0.1, -0.05) is 6.07 Å². The number of pyridine rings is 1. The molecule has 4 aromatic heterocycles. The molecule has 25 heavy (non-hydrogen) atoms. The molecule has 0 aliphatic carbocycles. The zero-order valence-electron chi connectivity index (χ0n) is 13.9. The van der Waals surface area contributed by atoms with Gasteiger partial charge in [0.05, 0.1) is 5.69 Å². The second-order valence-electron chi connectivity index (χ2n) is 6.49. The van der Waals surface area contributed by atoms with E-state index in [4.69, 9.17) is 0 Å². The normalized spacial score (nSPS) is 16.1. The molecule has 126 valence electrons. The molecule has 0 atom stereocenters. The third-order valence-electron chi connectivity index (χ3n) is 4.86. The van der Waals surface area contributed by atoms with Crippen LogP contribution in [0.5, 0.6) is 0 Å². The first-order valence-corrected chi connectivity index (χ1v) is 8.53. The predicted octanol–water partition coefficient (Wildman–Crippen LogP) is 1.86. The second kappa shape index (κ2) is 5.51. The Hall–Kier alpha value is -3.03. The Balaban J connectivity index is 1.40. The molecule has 1 saturated heterocycles. The highest BCUT2D eigenvalue weighted by atomic mass is 15.4. The van der Waals surface area contributed by atoms with E-state index in [9.17, 15) is 0 Å². The van der Waals surface area contributed by atoms with Crippen LogP contribution in [-0.4, -0.2) is 47.5 Å². The Morgan fingerprint density at radius 1 is 0.920 bits per heavy atom.